The third-order valence-electron chi connectivity index (χ3n) is 6.02. The van der Waals surface area contributed by atoms with Crippen LogP contribution in [-0.2, 0) is 46.7 Å². The van der Waals surface area contributed by atoms with Crippen molar-refractivity contribution in [2.75, 3.05) is 41.1 Å². The molecule has 0 saturated carbocycles. The first kappa shape index (κ1) is 26.2. The summed E-state index contributed by atoms with van der Waals surface area (Å²) < 4.78 is 49.9. The molecule has 186 valence electrons. The number of likely N-dealkylation sites (tertiary alicyclic amines) is 1. The first-order chi connectivity index (χ1) is 15.8. The standard InChI is InChI=1S/C18H25N2O10P.CH4O/c1-18(24-2)29-14-12-10-11(13(28-12)15(14)30-18)17(22)20(16(10)21)7-5-9-27-31(23,25-3)26-8-4-6-19;1-2/h10-15H,4-5,7-9H2,1-3H3;2H,1H3/t10?,11?,12-,13?,14+,15?,18?,31?;/m0./s1. The highest BCUT2D eigenvalue weighted by molar-refractivity contribution is 7.48. The van der Waals surface area contributed by atoms with E-state index in [0.29, 0.717) is 0 Å². The monoisotopic (exact) mass is 492 g/mol. The molecule has 4 fully saturated rings. The number of aliphatic hydroxyl groups is 1. The predicted molar refractivity (Wildman–Crippen MR) is 107 cm³/mol. The Balaban J connectivity index is 0.00000149. The summed E-state index contributed by atoms with van der Waals surface area (Å²) in [5, 5.41) is 15.5. The zero-order valence-electron chi connectivity index (χ0n) is 18.9. The minimum atomic E-state index is -3.78. The normalized spacial score (nSPS) is 37.9. The third-order valence-corrected chi connectivity index (χ3v) is 7.46. The van der Waals surface area contributed by atoms with E-state index in [-0.39, 0.29) is 44.4 Å². The van der Waals surface area contributed by atoms with Crippen molar-refractivity contribution in [3.8, 4) is 6.07 Å². The second-order valence-corrected chi connectivity index (χ2v) is 9.51. The zero-order chi connectivity index (χ0) is 24.4. The Labute approximate surface area is 191 Å². The summed E-state index contributed by atoms with van der Waals surface area (Å²) in [6, 6.07) is 1.86. The first-order valence-corrected chi connectivity index (χ1v) is 11.9. The van der Waals surface area contributed by atoms with Gasteiger partial charge in [-0.15, -0.1) is 0 Å². The quantitative estimate of drug-likeness (QED) is 0.250. The van der Waals surface area contributed by atoms with Gasteiger partial charge in [-0.2, -0.15) is 5.26 Å². The summed E-state index contributed by atoms with van der Waals surface area (Å²) in [5.41, 5.74) is 0. The van der Waals surface area contributed by atoms with Gasteiger partial charge in [0.15, 0.2) is 0 Å². The van der Waals surface area contributed by atoms with Crippen LogP contribution in [0.4, 0.5) is 0 Å². The van der Waals surface area contributed by atoms with Crippen LogP contribution in [0.5, 0.6) is 0 Å². The maximum Gasteiger partial charge on any atom is 0.474 e. The van der Waals surface area contributed by atoms with E-state index < -0.39 is 50.0 Å². The summed E-state index contributed by atoms with van der Waals surface area (Å²) in [7, 11) is -0.149. The molecule has 6 unspecified atom stereocenters. The summed E-state index contributed by atoms with van der Waals surface area (Å²) in [6.07, 6.45) is -1.82. The number of nitriles is 1. The van der Waals surface area contributed by atoms with Crippen LogP contribution >= 0.6 is 7.82 Å². The molecule has 0 aliphatic carbocycles. The lowest BCUT2D eigenvalue weighted by Gasteiger charge is -2.24. The fourth-order valence-electron chi connectivity index (χ4n) is 4.61. The fourth-order valence-corrected chi connectivity index (χ4v) is 5.56. The summed E-state index contributed by atoms with van der Waals surface area (Å²) in [4.78, 5) is 27.1. The SMILES string of the molecule is CO.COC1(C)OC2C3O[C@@H](C4C(=O)N(CCCOP(=O)(OC)OCCC#N)C(=O)C34)[C@H]2O1. The topological polar surface area (TPSA) is 163 Å². The Morgan fingerprint density at radius 2 is 1.61 bits per heavy atom. The molecule has 4 aliphatic rings. The molecule has 0 aromatic rings. The minimum Gasteiger partial charge on any atom is -0.400 e. The van der Waals surface area contributed by atoms with Gasteiger partial charge in [-0.05, 0) is 6.42 Å². The highest BCUT2D eigenvalue weighted by Gasteiger charge is 2.73. The molecule has 33 heavy (non-hydrogen) atoms. The van der Waals surface area contributed by atoms with Crippen molar-refractivity contribution in [1.82, 2.24) is 4.90 Å². The molecule has 4 rings (SSSR count). The molecule has 13 nitrogen and oxygen atoms in total. The van der Waals surface area contributed by atoms with E-state index in [1.54, 1.807) is 6.92 Å². The molecule has 2 amide bonds. The Morgan fingerprint density at radius 1 is 1.06 bits per heavy atom. The number of hydrogen-bond donors (Lipinski definition) is 1. The fraction of sp³-hybridized carbons (Fsp3) is 0.842. The van der Waals surface area contributed by atoms with Crippen LogP contribution in [0.2, 0.25) is 0 Å². The maximum atomic E-state index is 13.0. The molecule has 1 N–H and O–H groups in total. The van der Waals surface area contributed by atoms with Crippen molar-refractivity contribution < 1.29 is 51.8 Å². The van der Waals surface area contributed by atoms with Gasteiger partial charge >= 0.3 is 7.82 Å². The molecule has 0 aromatic heterocycles. The highest BCUT2D eigenvalue weighted by Crippen LogP contribution is 2.54. The average Bonchev–Trinajstić information content (AvgIpc) is 3.52. The number of rotatable bonds is 10. The van der Waals surface area contributed by atoms with Gasteiger partial charge in [-0.3, -0.25) is 28.1 Å². The van der Waals surface area contributed by atoms with Gasteiger partial charge in [0.05, 0.1) is 49.7 Å². The first-order valence-electron chi connectivity index (χ1n) is 10.5. The number of nitrogens with zero attached hydrogens (tertiary/aromatic N) is 2. The number of carbonyl (C=O) groups is 2. The van der Waals surface area contributed by atoms with E-state index in [1.807, 2.05) is 6.07 Å². The molecule has 4 heterocycles. The largest absolute Gasteiger partial charge is 0.474 e. The third kappa shape index (κ3) is 4.73. The predicted octanol–water partition coefficient (Wildman–Crippen LogP) is 0.173. The molecule has 0 spiro atoms. The lowest BCUT2D eigenvalue weighted by molar-refractivity contribution is -0.330. The second kappa shape index (κ2) is 10.4. The smallest absolute Gasteiger partial charge is 0.400 e. The van der Waals surface area contributed by atoms with Crippen molar-refractivity contribution in [1.29, 1.82) is 5.26 Å². The summed E-state index contributed by atoms with van der Waals surface area (Å²) in [6.45, 7) is 1.58. The number of hydrogen-bond acceptors (Lipinski definition) is 12. The van der Waals surface area contributed by atoms with Crippen molar-refractivity contribution in [3.05, 3.63) is 0 Å². The van der Waals surface area contributed by atoms with E-state index >= 15 is 0 Å². The molecular weight excluding hydrogens is 463 g/mol. The van der Waals surface area contributed by atoms with Crippen molar-refractivity contribution in [3.63, 3.8) is 0 Å². The zero-order valence-corrected chi connectivity index (χ0v) is 19.8. The molecule has 14 heteroatoms. The number of carbonyl (C=O) groups excluding carboxylic acids is 2. The number of amides is 2. The molecular formula is C19H29N2O11P. The van der Waals surface area contributed by atoms with Gasteiger partial charge in [0.2, 0.25) is 11.8 Å². The van der Waals surface area contributed by atoms with Crippen LogP contribution in [0, 0.1) is 23.2 Å². The number of aliphatic hydroxyl groups excluding tert-OH is 1. The average molecular weight is 492 g/mol. The number of fused-ring (bicyclic) bond motifs is 8. The number of ether oxygens (including phenoxy) is 4. The molecule has 4 aliphatic heterocycles. The van der Waals surface area contributed by atoms with Gasteiger partial charge in [0.25, 0.3) is 5.97 Å². The van der Waals surface area contributed by atoms with Crippen molar-refractivity contribution in [2.45, 2.75) is 50.2 Å². The van der Waals surface area contributed by atoms with Gasteiger partial charge in [0, 0.05) is 34.8 Å². The minimum absolute atomic E-state index is 0.0413. The summed E-state index contributed by atoms with van der Waals surface area (Å²) in [5.74, 6) is -3.11. The van der Waals surface area contributed by atoms with E-state index in [4.69, 9.17) is 42.9 Å². The van der Waals surface area contributed by atoms with Crippen LogP contribution in [0.3, 0.4) is 0 Å². The Kier molecular flexibility index (Phi) is 8.27. The van der Waals surface area contributed by atoms with E-state index in [9.17, 15) is 14.2 Å². The molecule has 4 saturated heterocycles. The number of phosphoric ester groups is 1. The van der Waals surface area contributed by atoms with Crippen LogP contribution in [0.15, 0.2) is 0 Å². The summed E-state index contributed by atoms with van der Waals surface area (Å²) >= 11 is 0. The molecule has 0 radical (unpaired) electrons. The Morgan fingerprint density at radius 3 is 2.09 bits per heavy atom. The lowest BCUT2D eigenvalue weighted by Crippen LogP contribution is -2.46. The van der Waals surface area contributed by atoms with Gasteiger partial charge in [0.1, 0.15) is 12.2 Å². The van der Waals surface area contributed by atoms with Gasteiger partial charge in [-0.1, -0.05) is 0 Å². The molecule has 2 bridgehead atoms. The van der Waals surface area contributed by atoms with E-state index in [1.165, 1.54) is 19.1 Å². The highest BCUT2D eigenvalue weighted by atomic mass is 31.2. The van der Waals surface area contributed by atoms with E-state index in [2.05, 4.69) is 0 Å². The Hall–Kier alpha value is -1.46. The van der Waals surface area contributed by atoms with Crippen LogP contribution in [-0.4, -0.2) is 93.3 Å². The molecule has 8 atom stereocenters. The Bertz CT molecular complexity index is 797. The van der Waals surface area contributed by atoms with Gasteiger partial charge < -0.3 is 24.1 Å². The van der Waals surface area contributed by atoms with Crippen LogP contribution in [0.25, 0.3) is 0 Å². The number of imide groups is 1. The van der Waals surface area contributed by atoms with E-state index in [0.717, 1.165) is 7.11 Å². The van der Waals surface area contributed by atoms with Crippen LogP contribution in [0.1, 0.15) is 19.8 Å². The van der Waals surface area contributed by atoms with Crippen molar-refractivity contribution in [2.24, 2.45) is 11.8 Å². The number of phosphoric acid groups is 1. The second-order valence-electron chi connectivity index (χ2n) is 7.73. The molecule has 0 aromatic carbocycles. The van der Waals surface area contributed by atoms with Crippen LogP contribution < -0.4 is 0 Å². The van der Waals surface area contributed by atoms with Crippen molar-refractivity contribution >= 4 is 19.6 Å². The van der Waals surface area contributed by atoms with Gasteiger partial charge in [-0.25, -0.2) is 4.57 Å². The number of methoxy groups -OCH3 is 1. The lowest BCUT2D eigenvalue weighted by atomic mass is 9.78. The maximum absolute atomic E-state index is 13.0.